The fourth-order valence-electron chi connectivity index (χ4n) is 9.01. The molecule has 6 heteroatoms. The molecule has 3 atom stereocenters. The van der Waals surface area contributed by atoms with Crippen molar-refractivity contribution in [1.82, 2.24) is 4.90 Å². The summed E-state index contributed by atoms with van der Waals surface area (Å²) in [6.07, 6.45) is 13.5. The van der Waals surface area contributed by atoms with Gasteiger partial charge in [-0.25, -0.2) is 0 Å². The summed E-state index contributed by atoms with van der Waals surface area (Å²) < 4.78 is 17.1. The maximum Gasteiger partial charge on any atom is 0.166 e. The van der Waals surface area contributed by atoms with Gasteiger partial charge in [0.25, 0.3) is 0 Å². The number of aryl methyl sites for hydroxylation is 1. The lowest BCUT2D eigenvalue weighted by Gasteiger charge is -2.46. The number of unbranched alkanes of at least 4 members (excludes halogenated alkanes) is 2. The normalized spacial score (nSPS) is 22.4. The number of aromatic hydroxyl groups is 1. The molecule has 1 N–H and O–H groups in total. The highest BCUT2D eigenvalue weighted by atomic mass is 16.5. The fraction of sp³-hybridized carbons (Fsp3) is 0.533. The van der Waals surface area contributed by atoms with E-state index in [0.717, 1.165) is 74.2 Å². The molecule has 2 heterocycles. The first-order valence-electron chi connectivity index (χ1n) is 19.4. The van der Waals surface area contributed by atoms with Crippen molar-refractivity contribution in [3.8, 4) is 23.0 Å². The molecule has 0 saturated carbocycles. The van der Waals surface area contributed by atoms with Crippen LogP contribution in [0.1, 0.15) is 118 Å². The Morgan fingerprint density at radius 1 is 0.941 bits per heavy atom. The molecule has 7 rings (SSSR count). The second-order valence-electron chi connectivity index (χ2n) is 15.9. The number of ether oxygens (including phenoxy) is 3. The van der Waals surface area contributed by atoms with Gasteiger partial charge in [-0.3, -0.25) is 9.69 Å². The van der Waals surface area contributed by atoms with E-state index in [-0.39, 0.29) is 23.2 Å². The molecule has 2 aliphatic carbocycles. The Bertz CT molecular complexity index is 1690. The highest BCUT2D eigenvalue weighted by Gasteiger charge is 2.45. The van der Waals surface area contributed by atoms with Crippen LogP contribution in [-0.4, -0.2) is 48.7 Å². The van der Waals surface area contributed by atoms with E-state index in [0.29, 0.717) is 29.1 Å². The van der Waals surface area contributed by atoms with E-state index in [9.17, 15) is 9.90 Å². The van der Waals surface area contributed by atoms with Gasteiger partial charge in [-0.2, -0.15) is 0 Å². The fourth-order valence-corrected chi connectivity index (χ4v) is 9.01. The van der Waals surface area contributed by atoms with Gasteiger partial charge >= 0.3 is 0 Å². The lowest BCUT2D eigenvalue weighted by Crippen LogP contribution is -2.45. The van der Waals surface area contributed by atoms with E-state index in [4.69, 9.17) is 14.2 Å². The first-order chi connectivity index (χ1) is 24.6. The Morgan fingerprint density at radius 2 is 1.67 bits per heavy atom. The minimum atomic E-state index is -0.177. The number of piperidine rings is 1. The Morgan fingerprint density at radius 3 is 2.37 bits per heavy atom. The van der Waals surface area contributed by atoms with E-state index in [2.05, 4.69) is 75.1 Å². The van der Waals surface area contributed by atoms with Gasteiger partial charge in [0.2, 0.25) is 0 Å². The van der Waals surface area contributed by atoms with Gasteiger partial charge in [-0.15, -0.1) is 0 Å². The molecule has 274 valence electrons. The number of hydrogen-bond donors (Lipinski definition) is 1. The molecule has 0 radical (unpaired) electrons. The molecule has 0 amide bonds. The Labute approximate surface area is 306 Å². The summed E-state index contributed by atoms with van der Waals surface area (Å²) in [6, 6.07) is 18.6. The number of allylic oxidation sites excluding steroid dienone is 2. The molecule has 6 nitrogen and oxygen atoms in total. The third kappa shape index (κ3) is 8.49. The second kappa shape index (κ2) is 16.3. The van der Waals surface area contributed by atoms with Gasteiger partial charge in [-0.1, -0.05) is 61.7 Å². The number of likely N-dealkylation sites (tertiary alicyclic amines) is 1. The zero-order chi connectivity index (χ0) is 36.1. The van der Waals surface area contributed by atoms with Gasteiger partial charge in [-0.05, 0) is 132 Å². The maximum atomic E-state index is 12.9. The molecule has 0 aromatic heterocycles. The lowest BCUT2D eigenvalue weighted by atomic mass is 9.68. The Hall–Kier alpha value is -3.77. The number of rotatable bonds is 10. The summed E-state index contributed by atoms with van der Waals surface area (Å²) in [5, 5.41) is 10.7. The SMILES string of the molecule is CCCCCc1cc(O)c2c(c1)OC(C)(C)[C@@H]1CCC(C)=C[C@@H]21.COc1cc2c(cc1OC)C(=O)C(CC1CCN(Cc3ccccc3)CC1)C2. The number of carbonyl (C=O) groups is 1. The Kier molecular flexibility index (Phi) is 11.8. The topological polar surface area (TPSA) is 68.2 Å². The second-order valence-corrected chi connectivity index (χ2v) is 15.9. The maximum absolute atomic E-state index is 12.9. The number of phenolic OH excluding ortho intramolecular Hbond substituents is 1. The van der Waals surface area contributed by atoms with E-state index < -0.39 is 0 Å². The summed E-state index contributed by atoms with van der Waals surface area (Å²) in [5.41, 5.74) is 6.77. The number of carbonyl (C=O) groups excluding carboxylic acids is 1. The van der Waals surface area contributed by atoms with Gasteiger partial charge in [0.1, 0.15) is 17.1 Å². The number of ketones is 1. The molecule has 2 aliphatic heterocycles. The van der Waals surface area contributed by atoms with Crippen molar-refractivity contribution in [1.29, 1.82) is 0 Å². The number of methoxy groups -OCH3 is 2. The third-order valence-corrected chi connectivity index (χ3v) is 11.9. The summed E-state index contributed by atoms with van der Waals surface area (Å²) in [6.45, 7) is 12.1. The molecule has 3 aromatic rings. The van der Waals surface area contributed by atoms with Crippen molar-refractivity contribution < 1.29 is 24.1 Å². The zero-order valence-electron chi connectivity index (χ0n) is 31.8. The van der Waals surface area contributed by atoms with Crippen LogP contribution in [0.5, 0.6) is 23.0 Å². The molecular weight excluding hydrogens is 634 g/mol. The summed E-state index contributed by atoms with van der Waals surface area (Å²) in [7, 11) is 3.26. The van der Waals surface area contributed by atoms with Crippen molar-refractivity contribution in [3.63, 3.8) is 0 Å². The third-order valence-electron chi connectivity index (χ3n) is 11.9. The van der Waals surface area contributed by atoms with Crippen molar-refractivity contribution in [2.24, 2.45) is 17.8 Å². The van der Waals surface area contributed by atoms with E-state index in [1.54, 1.807) is 14.2 Å². The molecule has 0 bridgehead atoms. The molecule has 3 aromatic carbocycles. The first kappa shape index (κ1) is 37.0. The number of benzene rings is 3. The van der Waals surface area contributed by atoms with Crippen molar-refractivity contribution in [2.45, 2.75) is 110 Å². The van der Waals surface area contributed by atoms with Gasteiger partial charge in [0, 0.05) is 35.4 Å². The highest BCUT2D eigenvalue weighted by Crippen LogP contribution is 2.53. The minimum Gasteiger partial charge on any atom is -0.507 e. The standard InChI is InChI=1S/C24H29NO3.C21H30O2/c1-27-22-14-19-13-20(24(26)21(19)15-23(22)28-2)12-17-8-10-25(11-9-17)16-18-6-4-3-5-7-18;1-5-6-7-8-15-12-18(22)20-16-11-14(2)9-10-17(16)21(3,4)23-19(20)13-15/h3-7,14-15,17,20H,8-13,16H2,1-2H3;11-13,16-17,22H,5-10H2,1-4H3/t;16-,17-/m.1/s1. The molecule has 51 heavy (non-hydrogen) atoms. The summed E-state index contributed by atoms with van der Waals surface area (Å²) >= 11 is 0. The molecule has 1 unspecified atom stereocenters. The smallest absolute Gasteiger partial charge is 0.166 e. The monoisotopic (exact) mass is 693 g/mol. The highest BCUT2D eigenvalue weighted by molar-refractivity contribution is 6.02. The van der Waals surface area contributed by atoms with Crippen molar-refractivity contribution in [3.05, 3.63) is 94.1 Å². The van der Waals surface area contributed by atoms with Crippen LogP contribution in [-0.2, 0) is 19.4 Å². The Balaban J connectivity index is 0.000000179. The van der Waals surface area contributed by atoms with Crippen LogP contribution >= 0.6 is 0 Å². The minimum absolute atomic E-state index is 0.109. The first-order valence-corrected chi connectivity index (χ1v) is 19.4. The van der Waals surface area contributed by atoms with Crippen LogP contribution in [0.3, 0.4) is 0 Å². The predicted octanol–water partition coefficient (Wildman–Crippen LogP) is 10.1. The number of nitrogens with zero attached hydrogens (tertiary/aromatic N) is 1. The molecule has 0 spiro atoms. The van der Waals surface area contributed by atoms with E-state index in [1.807, 2.05) is 18.2 Å². The lowest BCUT2D eigenvalue weighted by molar-refractivity contribution is 0.0107. The van der Waals surface area contributed by atoms with Crippen LogP contribution in [0, 0.1) is 17.8 Å². The average molecular weight is 694 g/mol. The van der Waals surface area contributed by atoms with Gasteiger partial charge < -0.3 is 19.3 Å². The summed E-state index contributed by atoms with van der Waals surface area (Å²) in [4.78, 5) is 15.5. The predicted molar refractivity (Wildman–Crippen MR) is 205 cm³/mol. The molecule has 1 fully saturated rings. The van der Waals surface area contributed by atoms with E-state index >= 15 is 0 Å². The number of Topliss-reactive ketones (excluding diaryl/α,β-unsaturated/α-hetero) is 1. The zero-order valence-corrected chi connectivity index (χ0v) is 31.8. The van der Waals surface area contributed by atoms with Crippen LogP contribution in [0.25, 0.3) is 0 Å². The number of hydrogen-bond acceptors (Lipinski definition) is 6. The van der Waals surface area contributed by atoms with Crippen molar-refractivity contribution in [2.75, 3.05) is 27.3 Å². The van der Waals surface area contributed by atoms with Gasteiger partial charge in [0.05, 0.1) is 14.2 Å². The molecular formula is C45H59NO5. The summed E-state index contributed by atoms with van der Waals surface area (Å²) in [5.74, 6) is 4.43. The largest absolute Gasteiger partial charge is 0.507 e. The van der Waals surface area contributed by atoms with Gasteiger partial charge in [0.15, 0.2) is 17.3 Å². The number of phenols is 1. The van der Waals surface area contributed by atoms with E-state index in [1.165, 1.54) is 48.8 Å². The molecule has 1 saturated heterocycles. The van der Waals surface area contributed by atoms with Crippen LogP contribution in [0.2, 0.25) is 0 Å². The van der Waals surface area contributed by atoms with Crippen LogP contribution in [0.15, 0.2) is 66.2 Å². The average Bonchev–Trinajstić information content (AvgIpc) is 3.41. The van der Waals surface area contributed by atoms with Crippen LogP contribution < -0.4 is 14.2 Å². The number of fused-ring (bicyclic) bond motifs is 4. The van der Waals surface area contributed by atoms with Crippen LogP contribution in [0.4, 0.5) is 0 Å². The molecule has 4 aliphatic rings. The van der Waals surface area contributed by atoms with Crippen molar-refractivity contribution >= 4 is 5.78 Å². The quantitative estimate of drug-likeness (QED) is 0.168.